The molecule has 4 rings (SSSR count). The maximum absolute atomic E-state index is 12.7. The van der Waals surface area contributed by atoms with Crippen LogP contribution in [0.2, 0.25) is 5.02 Å². The lowest BCUT2D eigenvalue weighted by Gasteiger charge is -2.30. The fourth-order valence-electron chi connectivity index (χ4n) is 3.92. The Labute approximate surface area is 182 Å². The Morgan fingerprint density at radius 2 is 1.77 bits per heavy atom. The monoisotopic (exact) mass is 450 g/mol. The fraction of sp³-hybridized carbons (Fsp3) is 0.348. The van der Waals surface area contributed by atoms with Gasteiger partial charge in [0.1, 0.15) is 5.75 Å². The summed E-state index contributed by atoms with van der Waals surface area (Å²) in [6.07, 6.45) is 0.792. The zero-order valence-corrected chi connectivity index (χ0v) is 17.4. The summed E-state index contributed by atoms with van der Waals surface area (Å²) >= 11 is 6.32. The van der Waals surface area contributed by atoms with Gasteiger partial charge < -0.3 is 15.0 Å². The number of aromatic nitrogens is 1. The topological polar surface area (TPSA) is 54.1 Å². The number of aromatic amines is 1. The van der Waals surface area contributed by atoms with Crippen molar-refractivity contribution in [3.63, 3.8) is 0 Å². The van der Waals surface area contributed by atoms with E-state index in [9.17, 15) is 18.0 Å². The largest absolute Gasteiger partial charge is 0.489 e. The van der Waals surface area contributed by atoms with Crippen molar-refractivity contribution in [1.29, 1.82) is 0 Å². The minimum absolute atomic E-state index is 0.0288. The molecule has 0 unspecified atom stereocenters. The summed E-state index contributed by atoms with van der Waals surface area (Å²) in [4.78, 5) is 14.5. The molecule has 0 spiro atoms. The fourth-order valence-corrected chi connectivity index (χ4v) is 4.13. The summed E-state index contributed by atoms with van der Waals surface area (Å²) in [7, 11) is 0. The van der Waals surface area contributed by atoms with Crippen LogP contribution in [0, 0.1) is 0 Å². The molecule has 1 aliphatic carbocycles. The summed E-state index contributed by atoms with van der Waals surface area (Å²) < 4.78 is 44.1. The van der Waals surface area contributed by atoms with Crippen molar-refractivity contribution in [3.8, 4) is 5.75 Å². The Kier molecular flexibility index (Phi) is 6.25. The SMILES string of the molecule is O=c1[nH]ccc2cc(O[C@H]3CC[C@@H](NCc4ccc(C(F)(F)F)cc4)CC3)c(Cl)cc12. The van der Waals surface area contributed by atoms with E-state index in [0.29, 0.717) is 22.7 Å². The zero-order chi connectivity index (χ0) is 22.0. The Balaban J connectivity index is 1.30. The molecule has 0 saturated heterocycles. The summed E-state index contributed by atoms with van der Waals surface area (Å²) in [5.74, 6) is 0.570. The van der Waals surface area contributed by atoms with Crippen molar-refractivity contribution in [1.82, 2.24) is 10.3 Å². The van der Waals surface area contributed by atoms with Crippen LogP contribution < -0.4 is 15.6 Å². The molecule has 2 aromatic carbocycles. The van der Waals surface area contributed by atoms with Crippen LogP contribution in [0.5, 0.6) is 5.75 Å². The third kappa shape index (κ3) is 5.22. The second-order valence-corrected chi connectivity index (χ2v) is 8.25. The minimum atomic E-state index is -4.31. The number of rotatable bonds is 5. The number of hydrogen-bond acceptors (Lipinski definition) is 3. The van der Waals surface area contributed by atoms with E-state index in [1.54, 1.807) is 18.3 Å². The van der Waals surface area contributed by atoms with E-state index in [1.165, 1.54) is 12.1 Å². The van der Waals surface area contributed by atoms with Crippen molar-refractivity contribution in [2.45, 2.75) is 50.6 Å². The van der Waals surface area contributed by atoms with Gasteiger partial charge in [-0.05, 0) is 67.0 Å². The molecular formula is C23H22ClF3N2O2. The quantitative estimate of drug-likeness (QED) is 0.525. The van der Waals surface area contributed by atoms with Gasteiger partial charge in [-0.3, -0.25) is 4.79 Å². The van der Waals surface area contributed by atoms with Crippen LogP contribution in [-0.2, 0) is 12.7 Å². The first-order chi connectivity index (χ1) is 14.8. The van der Waals surface area contributed by atoms with Crippen molar-refractivity contribution in [3.05, 3.63) is 75.2 Å². The Hall–Kier alpha value is -2.51. The number of fused-ring (bicyclic) bond motifs is 1. The average molecular weight is 451 g/mol. The first kappa shape index (κ1) is 21.7. The molecule has 4 nitrogen and oxygen atoms in total. The van der Waals surface area contributed by atoms with Gasteiger partial charge in [0, 0.05) is 24.2 Å². The Bertz CT molecular complexity index is 1100. The molecule has 0 aliphatic heterocycles. The van der Waals surface area contributed by atoms with Crippen molar-refractivity contribution in [2.75, 3.05) is 0 Å². The maximum atomic E-state index is 12.7. The molecular weight excluding hydrogens is 429 g/mol. The lowest BCUT2D eigenvalue weighted by molar-refractivity contribution is -0.137. The van der Waals surface area contributed by atoms with E-state index >= 15 is 0 Å². The van der Waals surface area contributed by atoms with E-state index in [4.69, 9.17) is 16.3 Å². The molecule has 0 amide bonds. The maximum Gasteiger partial charge on any atom is 0.416 e. The van der Waals surface area contributed by atoms with Crippen LogP contribution in [0.25, 0.3) is 10.8 Å². The number of halogens is 4. The van der Waals surface area contributed by atoms with Gasteiger partial charge in [0.2, 0.25) is 0 Å². The van der Waals surface area contributed by atoms with Gasteiger partial charge in [-0.2, -0.15) is 13.2 Å². The smallest absolute Gasteiger partial charge is 0.416 e. The van der Waals surface area contributed by atoms with Crippen molar-refractivity contribution >= 4 is 22.4 Å². The highest BCUT2D eigenvalue weighted by molar-refractivity contribution is 6.32. The Morgan fingerprint density at radius 3 is 2.45 bits per heavy atom. The van der Waals surface area contributed by atoms with Gasteiger partial charge >= 0.3 is 6.18 Å². The number of pyridine rings is 1. The van der Waals surface area contributed by atoms with Gasteiger partial charge in [-0.15, -0.1) is 0 Å². The van der Waals surface area contributed by atoms with E-state index in [0.717, 1.165) is 48.8 Å². The zero-order valence-electron chi connectivity index (χ0n) is 16.6. The standard InChI is InChI=1S/C23H22ClF3N2O2/c24-20-12-19-15(9-10-28-22(19)30)11-21(20)31-18-7-5-17(6-8-18)29-13-14-1-3-16(4-2-14)23(25,26)27/h1-4,9-12,17-18,29H,5-8,13H2,(H,28,30)/t17-,18+. The normalized spacial score (nSPS) is 19.5. The number of H-pyrrole nitrogens is 1. The summed E-state index contributed by atoms with van der Waals surface area (Å²) in [5, 5.41) is 5.13. The molecule has 1 aromatic heterocycles. The molecule has 1 fully saturated rings. The number of hydrogen-bond donors (Lipinski definition) is 2. The molecule has 1 heterocycles. The Morgan fingerprint density at radius 1 is 1.06 bits per heavy atom. The highest BCUT2D eigenvalue weighted by atomic mass is 35.5. The number of alkyl halides is 3. The summed E-state index contributed by atoms with van der Waals surface area (Å²) in [6, 6.07) is 10.8. The van der Waals surface area contributed by atoms with Gasteiger partial charge in [0.05, 0.1) is 16.7 Å². The highest BCUT2D eigenvalue weighted by Crippen LogP contribution is 2.32. The van der Waals surface area contributed by atoms with Crippen LogP contribution in [0.3, 0.4) is 0 Å². The van der Waals surface area contributed by atoms with E-state index in [1.807, 2.05) is 6.07 Å². The van der Waals surface area contributed by atoms with Crippen LogP contribution in [-0.4, -0.2) is 17.1 Å². The average Bonchev–Trinajstić information content (AvgIpc) is 2.74. The third-order valence-electron chi connectivity index (χ3n) is 5.67. The van der Waals surface area contributed by atoms with E-state index in [-0.39, 0.29) is 17.7 Å². The lowest BCUT2D eigenvalue weighted by Crippen LogP contribution is -2.36. The molecule has 3 aromatic rings. The van der Waals surface area contributed by atoms with Crippen LogP contribution in [0.4, 0.5) is 13.2 Å². The molecule has 31 heavy (non-hydrogen) atoms. The summed E-state index contributed by atoms with van der Waals surface area (Å²) in [5.41, 5.74) is 0.000695. The van der Waals surface area contributed by atoms with Crippen LogP contribution in [0.1, 0.15) is 36.8 Å². The highest BCUT2D eigenvalue weighted by Gasteiger charge is 2.30. The molecule has 1 saturated carbocycles. The lowest BCUT2D eigenvalue weighted by atomic mass is 9.92. The van der Waals surface area contributed by atoms with E-state index < -0.39 is 11.7 Å². The van der Waals surface area contributed by atoms with Gasteiger partial charge in [-0.1, -0.05) is 23.7 Å². The molecule has 1 aliphatic rings. The molecule has 0 atom stereocenters. The molecule has 0 bridgehead atoms. The van der Waals surface area contributed by atoms with Crippen LogP contribution >= 0.6 is 11.6 Å². The first-order valence-electron chi connectivity index (χ1n) is 10.2. The van der Waals surface area contributed by atoms with Crippen molar-refractivity contribution < 1.29 is 17.9 Å². The van der Waals surface area contributed by atoms with Crippen molar-refractivity contribution in [2.24, 2.45) is 0 Å². The predicted molar refractivity (Wildman–Crippen MR) is 115 cm³/mol. The van der Waals surface area contributed by atoms with Gasteiger partial charge in [-0.25, -0.2) is 0 Å². The predicted octanol–water partition coefficient (Wildman–Crippen LogP) is 5.68. The molecule has 2 N–H and O–H groups in total. The second-order valence-electron chi connectivity index (χ2n) is 7.84. The second kappa shape index (κ2) is 8.93. The number of ether oxygens (including phenoxy) is 1. The molecule has 0 radical (unpaired) electrons. The van der Waals surface area contributed by atoms with Gasteiger partial charge in [0.25, 0.3) is 5.56 Å². The molecule has 164 valence electrons. The number of benzene rings is 2. The molecule has 8 heteroatoms. The van der Waals surface area contributed by atoms with Gasteiger partial charge in [0.15, 0.2) is 0 Å². The first-order valence-corrected chi connectivity index (χ1v) is 10.5. The number of nitrogens with one attached hydrogen (secondary N) is 2. The van der Waals surface area contributed by atoms with E-state index in [2.05, 4.69) is 10.3 Å². The van der Waals surface area contributed by atoms with Crippen LogP contribution in [0.15, 0.2) is 53.5 Å². The third-order valence-corrected chi connectivity index (χ3v) is 5.97. The summed E-state index contributed by atoms with van der Waals surface area (Å²) in [6.45, 7) is 0.527. The minimum Gasteiger partial charge on any atom is -0.489 e.